The minimum atomic E-state index is -0.318. The number of hydrogen-bond donors (Lipinski definition) is 2. The smallest absolute Gasteiger partial charge is 0.248 e. The van der Waals surface area contributed by atoms with Gasteiger partial charge < -0.3 is 29.6 Å². The van der Waals surface area contributed by atoms with E-state index in [4.69, 9.17) is 18.9 Å². The molecule has 2 amide bonds. The first-order valence-corrected chi connectivity index (χ1v) is 11.0. The molecule has 8 nitrogen and oxygen atoms in total. The number of carbonyl (C=O) groups excluding carboxylic acids is 2. The Kier molecular flexibility index (Phi) is 9.11. The summed E-state index contributed by atoms with van der Waals surface area (Å²) >= 11 is 0. The Labute approximate surface area is 210 Å². The summed E-state index contributed by atoms with van der Waals surface area (Å²) in [7, 11) is 6.23. The number of carbonyl (C=O) groups is 2. The second kappa shape index (κ2) is 12.7. The van der Waals surface area contributed by atoms with Gasteiger partial charge in [-0.25, -0.2) is 0 Å². The van der Waals surface area contributed by atoms with Crippen LogP contribution in [0.15, 0.2) is 72.8 Å². The lowest BCUT2D eigenvalue weighted by molar-refractivity contribution is -0.112. The Hall–Kier alpha value is -4.72. The molecule has 0 aliphatic rings. The highest BCUT2D eigenvalue weighted by Gasteiger charge is 2.06. The first-order valence-electron chi connectivity index (χ1n) is 11.0. The van der Waals surface area contributed by atoms with E-state index in [1.807, 2.05) is 12.1 Å². The molecule has 8 heteroatoms. The zero-order valence-electron chi connectivity index (χ0n) is 20.5. The van der Waals surface area contributed by atoms with Crippen LogP contribution >= 0.6 is 0 Å². The predicted octanol–water partition coefficient (Wildman–Crippen LogP) is 5.02. The van der Waals surface area contributed by atoms with E-state index in [0.29, 0.717) is 34.4 Å². The molecule has 0 radical (unpaired) electrons. The lowest BCUT2D eigenvalue weighted by atomic mass is 10.2. The molecule has 0 fully saturated rings. The molecule has 0 saturated heterocycles. The van der Waals surface area contributed by atoms with Crippen LogP contribution in [0, 0.1) is 0 Å². The molecule has 186 valence electrons. The van der Waals surface area contributed by atoms with Crippen LogP contribution in [0.25, 0.3) is 12.2 Å². The number of amides is 2. The average molecular weight is 489 g/mol. The SMILES string of the molecule is COc1ccc(/C=C\C(=O)Nc2cccc(NC(=O)/C=C/c3ccc(OC)c(OC)c3)c2)cc1OC. The third kappa shape index (κ3) is 7.14. The van der Waals surface area contributed by atoms with Gasteiger partial charge in [0.15, 0.2) is 23.0 Å². The fourth-order valence-electron chi connectivity index (χ4n) is 3.30. The molecular formula is C28H28N2O6. The highest BCUT2D eigenvalue weighted by molar-refractivity contribution is 6.04. The Bertz CT molecular complexity index is 1190. The molecule has 0 spiro atoms. The molecule has 0 aromatic heterocycles. The molecule has 0 atom stereocenters. The van der Waals surface area contributed by atoms with E-state index in [1.54, 1.807) is 89.1 Å². The van der Waals surface area contributed by atoms with Gasteiger partial charge in [-0.05, 0) is 65.7 Å². The van der Waals surface area contributed by atoms with E-state index in [9.17, 15) is 9.59 Å². The van der Waals surface area contributed by atoms with Crippen LogP contribution in [-0.4, -0.2) is 40.3 Å². The highest BCUT2D eigenvalue weighted by Crippen LogP contribution is 2.29. The number of anilines is 2. The normalized spacial score (nSPS) is 10.8. The van der Waals surface area contributed by atoms with Gasteiger partial charge >= 0.3 is 0 Å². The van der Waals surface area contributed by atoms with Crippen LogP contribution in [0.2, 0.25) is 0 Å². The molecule has 3 aromatic rings. The number of methoxy groups -OCH3 is 4. The van der Waals surface area contributed by atoms with Crippen molar-refractivity contribution in [1.29, 1.82) is 0 Å². The van der Waals surface area contributed by atoms with Gasteiger partial charge in [-0.15, -0.1) is 0 Å². The van der Waals surface area contributed by atoms with Crippen molar-refractivity contribution in [3.63, 3.8) is 0 Å². The molecule has 36 heavy (non-hydrogen) atoms. The van der Waals surface area contributed by atoms with E-state index >= 15 is 0 Å². The molecule has 2 N–H and O–H groups in total. The minimum absolute atomic E-state index is 0.318. The van der Waals surface area contributed by atoms with Crippen molar-refractivity contribution >= 4 is 35.3 Å². The summed E-state index contributed by atoms with van der Waals surface area (Å²) in [6.07, 6.45) is 6.17. The van der Waals surface area contributed by atoms with Crippen molar-refractivity contribution in [2.24, 2.45) is 0 Å². The van der Waals surface area contributed by atoms with Gasteiger partial charge in [-0.3, -0.25) is 9.59 Å². The van der Waals surface area contributed by atoms with Gasteiger partial charge in [-0.1, -0.05) is 18.2 Å². The fraction of sp³-hybridized carbons (Fsp3) is 0.143. The maximum absolute atomic E-state index is 12.4. The van der Waals surface area contributed by atoms with Crippen LogP contribution in [0.3, 0.4) is 0 Å². The maximum Gasteiger partial charge on any atom is 0.248 e. The Morgan fingerprint density at radius 2 is 1.00 bits per heavy atom. The second-order valence-electron chi connectivity index (χ2n) is 7.45. The van der Waals surface area contributed by atoms with Gasteiger partial charge in [0.1, 0.15) is 0 Å². The molecule has 0 heterocycles. The number of nitrogens with one attached hydrogen (secondary N) is 2. The number of rotatable bonds is 10. The molecule has 0 bridgehead atoms. The monoisotopic (exact) mass is 488 g/mol. The van der Waals surface area contributed by atoms with E-state index in [1.165, 1.54) is 12.2 Å². The zero-order chi connectivity index (χ0) is 25.9. The first kappa shape index (κ1) is 25.9. The summed E-state index contributed by atoms with van der Waals surface area (Å²) in [5.74, 6) is 1.73. The average Bonchev–Trinajstić information content (AvgIpc) is 2.90. The third-order valence-electron chi connectivity index (χ3n) is 5.07. The van der Waals surface area contributed by atoms with E-state index in [2.05, 4.69) is 10.6 Å². The fourth-order valence-corrected chi connectivity index (χ4v) is 3.30. The summed E-state index contributed by atoms with van der Waals surface area (Å²) in [4.78, 5) is 24.8. The van der Waals surface area contributed by atoms with E-state index < -0.39 is 0 Å². The summed E-state index contributed by atoms with van der Waals surface area (Å²) < 4.78 is 21.0. The lowest BCUT2D eigenvalue weighted by Crippen LogP contribution is -2.10. The quantitative estimate of drug-likeness (QED) is 0.389. The lowest BCUT2D eigenvalue weighted by Gasteiger charge is -2.08. The summed E-state index contributed by atoms with van der Waals surface area (Å²) in [6, 6.07) is 17.6. The predicted molar refractivity (Wildman–Crippen MR) is 141 cm³/mol. The standard InChI is InChI=1S/C28H28N2O6/c1-33-23-12-8-19(16-25(23)35-3)10-14-27(31)29-21-6-5-7-22(18-21)30-28(32)15-11-20-9-13-24(34-2)26(17-20)36-4/h5-18H,1-4H3,(H,29,31)(H,30,32)/b14-10-,15-11+. The van der Waals surface area contributed by atoms with Gasteiger partial charge in [-0.2, -0.15) is 0 Å². The van der Waals surface area contributed by atoms with Crippen molar-refractivity contribution in [3.05, 3.63) is 83.9 Å². The Morgan fingerprint density at radius 3 is 1.39 bits per heavy atom. The molecule has 0 aliphatic heterocycles. The van der Waals surface area contributed by atoms with Gasteiger partial charge in [0.05, 0.1) is 28.4 Å². The molecular weight excluding hydrogens is 460 g/mol. The molecule has 0 aliphatic carbocycles. The summed E-state index contributed by atoms with van der Waals surface area (Å²) in [5, 5.41) is 5.56. The molecule has 3 aromatic carbocycles. The van der Waals surface area contributed by atoms with Crippen molar-refractivity contribution in [2.45, 2.75) is 0 Å². The van der Waals surface area contributed by atoms with Crippen LogP contribution in [-0.2, 0) is 9.59 Å². The number of benzene rings is 3. The summed E-state index contributed by atoms with van der Waals surface area (Å²) in [5.41, 5.74) is 2.65. The first-order chi connectivity index (χ1) is 17.4. The third-order valence-corrected chi connectivity index (χ3v) is 5.07. The van der Waals surface area contributed by atoms with Crippen molar-refractivity contribution in [2.75, 3.05) is 39.1 Å². The van der Waals surface area contributed by atoms with Crippen molar-refractivity contribution < 1.29 is 28.5 Å². The zero-order valence-corrected chi connectivity index (χ0v) is 20.5. The topological polar surface area (TPSA) is 95.1 Å². The summed E-state index contributed by atoms with van der Waals surface area (Å²) in [6.45, 7) is 0. The highest BCUT2D eigenvalue weighted by atomic mass is 16.5. The van der Waals surface area contributed by atoms with E-state index in [0.717, 1.165) is 11.1 Å². The van der Waals surface area contributed by atoms with Gasteiger partial charge in [0, 0.05) is 23.5 Å². The van der Waals surface area contributed by atoms with Crippen molar-refractivity contribution in [3.8, 4) is 23.0 Å². The largest absolute Gasteiger partial charge is 0.493 e. The molecule has 0 unspecified atom stereocenters. The van der Waals surface area contributed by atoms with Crippen LogP contribution in [0.4, 0.5) is 11.4 Å². The van der Waals surface area contributed by atoms with E-state index in [-0.39, 0.29) is 11.8 Å². The Morgan fingerprint density at radius 1 is 0.583 bits per heavy atom. The van der Waals surface area contributed by atoms with Crippen LogP contribution < -0.4 is 29.6 Å². The molecule has 0 saturated carbocycles. The van der Waals surface area contributed by atoms with Gasteiger partial charge in [0.25, 0.3) is 0 Å². The van der Waals surface area contributed by atoms with Crippen molar-refractivity contribution in [1.82, 2.24) is 0 Å². The second-order valence-corrected chi connectivity index (χ2v) is 7.45. The molecule has 3 rings (SSSR count). The number of hydrogen-bond acceptors (Lipinski definition) is 6. The number of ether oxygens (including phenoxy) is 4. The van der Waals surface area contributed by atoms with Gasteiger partial charge in [0.2, 0.25) is 11.8 Å². The van der Waals surface area contributed by atoms with Crippen LogP contribution in [0.5, 0.6) is 23.0 Å². The Balaban J connectivity index is 1.60. The minimum Gasteiger partial charge on any atom is -0.493 e. The maximum atomic E-state index is 12.4. The van der Waals surface area contributed by atoms with Crippen LogP contribution in [0.1, 0.15) is 11.1 Å².